The number of fused-ring (bicyclic) bond motifs is 1. The summed E-state index contributed by atoms with van der Waals surface area (Å²) in [5, 5.41) is 21.4. The number of phenolic OH excluding ortho intramolecular Hbond substituents is 1. The number of aromatic hydroxyl groups is 1. The first-order valence-corrected chi connectivity index (χ1v) is 11.9. The van der Waals surface area contributed by atoms with Crippen molar-refractivity contribution >= 4 is 10.9 Å². The number of aliphatic hydroxyl groups is 1. The number of rotatable bonds is 10. The summed E-state index contributed by atoms with van der Waals surface area (Å²) in [5.41, 5.74) is 1.62. The molecule has 5 nitrogen and oxygen atoms in total. The SMILES string of the molecule is CC(CCC(O)c1ccc(O)c2[nH]c(=O)ccc12)Cc1ccc(OCC(F)(F)c2ccccc2)cc1. The second-order valence-corrected chi connectivity index (χ2v) is 9.19. The molecular formula is C29H29F2NO4. The van der Waals surface area contributed by atoms with E-state index in [4.69, 9.17) is 4.74 Å². The number of aromatic amines is 1. The van der Waals surface area contributed by atoms with E-state index >= 15 is 0 Å². The van der Waals surface area contributed by atoms with Crippen molar-refractivity contribution in [2.24, 2.45) is 5.92 Å². The molecule has 36 heavy (non-hydrogen) atoms. The van der Waals surface area contributed by atoms with Crippen LogP contribution in [0.25, 0.3) is 10.9 Å². The Hall–Kier alpha value is -3.71. The molecule has 4 aromatic rings. The predicted octanol–water partition coefficient (Wildman–Crippen LogP) is 6.10. The number of hydrogen-bond acceptors (Lipinski definition) is 4. The van der Waals surface area contributed by atoms with Crippen LogP contribution in [0.5, 0.6) is 11.5 Å². The number of phenols is 1. The standard InChI is InChI=1S/C29H29F2NO4/c1-19(7-14-25(33)23-12-15-26(34)28-24(23)13-16-27(35)32-28)17-20-8-10-22(11-9-20)36-18-29(30,31)21-5-3-2-4-6-21/h2-6,8-13,15-16,19,25,33-34H,7,14,17-18H2,1H3,(H,32,35). The number of halogens is 2. The van der Waals surface area contributed by atoms with E-state index in [1.165, 1.54) is 24.3 Å². The van der Waals surface area contributed by atoms with Gasteiger partial charge < -0.3 is 19.9 Å². The van der Waals surface area contributed by atoms with Crippen molar-refractivity contribution in [3.63, 3.8) is 0 Å². The number of pyridine rings is 1. The van der Waals surface area contributed by atoms with Crippen molar-refractivity contribution in [2.45, 2.75) is 38.2 Å². The van der Waals surface area contributed by atoms with Gasteiger partial charge in [-0.2, -0.15) is 8.78 Å². The number of H-pyrrole nitrogens is 1. The maximum Gasteiger partial charge on any atom is 0.306 e. The third-order valence-electron chi connectivity index (χ3n) is 6.32. The van der Waals surface area contributed by atoms with Crippen LogP contribution in [0.4, 0.5) is 8.78 Å². The highest BCUT2D eigenvalue weighted by Crippen LogP contribution is 2.32. The molecule has 4 rings (SSSR count). The van der Waals surface area contributed by atoms with E-state index < -0.39 is 18.6 Å². The molecule has 0 aliphatic rings. The van der Waals surface area contributed by atoms with Crippen molar-refractivity contribution < 1.29 is 23.7 Å². The van der Waals surface area contributed by atoms with Crippen LogP contribution in [0.1, 0.15) is 42.6 Å². The van der Waals surface area contributed by atoms with Crippen molar-refractivity contribution in [1.82, 2.24) is 4.98 Å². The quantitative estimate of drug-likeness (QED) is 0.249. The average Bonchev–Trinajstić information content (AvgIpc) is 2.88. The maximum absolute atomic E-state index is 14.3. The van der Waals surface area contributed by atoms with Gasteiger partial charge in [0.15, 0.2) is 6.61 Å². The van der Waals surface area contributed by atoms with Gasteiger partial charge in [-0.25, -0.2) is 0 Å². The first-order valence-electron chi connectivity index (χ1n) is 11.9. The second kappa shape index (κ2) is 10.9. The minimum atomic E-state index is -3.08. The largest absolute Gasteiger partial charge is 0.506 e. The monoisotopic (exact) mass is 493 g/mol. The fourth-order valence-corrected chi connectivity index (χ4v) is 4.31. The van der Waals surface area contributed by atoms with E-state index in [9.17, 15) is 23.8 Å². The average molecular weight is 494 g/mol. The Labute approximate surface area is 208 Å². The Morgan fingerprint density at radius 1 is 0.944 bits per heavy atom. The third-order valence-corrected chi connectivity index (χ3v) is 6.32. The molecule has 3 aromatic carbocycles. The lowest BCUT2D eigenvalue weighted by molar-refractivity contribution is -0.0467. The zero-order chi connectivity index (χ0) is 25.7. The molecule has 0 amide bonds. The van der Waals surface area contributed by atoms with Crippen molar-refractivity contribution in [3.8, 4) is 11.5 Å². The van der Waals surface area contributed by atoms with Crippen LogP contribution in [-0.4, -0.2) is 21.8 Å². The molecule has 0 saturated heterocycles. The highest BCUT2D eigenvalue weighted by molar-refractivity contribution is 5.87. The van der Waals surface area contributed by atoms with Crippen molar-refractivity contribution in [2.75, 3.05) is 6.61 Å². The zero-order valence-electron chi connectivity index (χ0n) is 20.0. The normalized spacial score (nSPS) is 13.4. The van der Waals surface area contributed by atoms with Crippen molar-refractivity contribution in [1.29, 1.82) is 0 Å². The molecule has 2 unspecified atom stereocenters. The molecule has 0 saturated carbocycles. The summed E-state index contributed by atoms with van der Waals surface area (Å²) in [6.07, 6.45) is 1.27. The topological polar surface area (TPSA) is 82.5 Å². The van der Waals surface area contributed by atoms with Gasteiger partial charge in [-0.3, -0.25) is 4.79 Å². The summed E-state index contributed by atoms with van der Waals surface area (Å²) < 4.78 is 34.0. The first-order chi connectivity index (χ1) is 17.2. The highest BCUT2D eigenvalue weighted by Gasteiger charge is 2.32. The minimum Gasteiger partial charge on any atom is -0.506 e. The van der Waals surface area contributed by atoms with E-state index in [2.05, 4.69) is 11.9 Å². The molecule has 3 N–H and O–H groups in total. The molecule has 0 aliphatic heterocycles. The lowest BCUT2D eigenvalue weighted by Gasteiger charge is -2.18. The van der Waals surface area contributed by atoms with Gasteiger partial charge in [-0.05, 0) is 60.6 Å². The Morgan fingerprint density at radius 3 is 2.39 bits per heavy atom. The molecule has 0 aliphatic carbocycles. The summed E-state index contributed by atoms with van der Waals surface area (Å²) in [7, 11) is 0. The molecule has 1 heterocycles. The van der Waals surface area contributed by atoms with Gasteiger partial charge in [0.05, 0.1) is 11.6 Å². The van der Waals surface area contributed by atoms with E-state index in [0.29, 0.717) is 28.6 Å². The predicted molar refractivity (Wildman–Crippen MR) is 136 cm³/mol. The van der Waals surface area contributed by atoms with Gasteiger partial charge in [0.2, 0.25) is 5.56 Å². The van der Waals surface area contributed by atoms with Gasteiger partial charge in [0.1, 0.15) is 11.5 Å². The smallest absolute Gasteiger partial charge is 0.306 e. The number of hydrogen-bond donors (Lipinski definition) is 3. The van der Waals surface area contributed by atoms with E-state index in [1.807, 2.05) is 12.1 Å². The van der Waals surface area contributed by atoms with E-state index in [0.717, 1.165) is 18.4 Å². The Kier molecular flexibility index (Phi) is 7.70. The molecule has 0 bridgehead atoms. The summed E-state index contributed by atoms with van der Waals surface area (Å²) in [5.74, 6) is -2.47. The van der Waals surface area contributed by atoms with Crippen LogP contribution in [0.3, 0.4) is 0 Å². The fraction of sp³-hybridized carbons (Fsp3) is 0.276. The molecule has 7 heteroatoms. The Bertz CT molecular complexity index is 1350. The molecule has 188 valence electrons. The van der Waals surface area contributed by atoms with Gasteiger partial charge >= 0.3 is 5.92 Å². The van der Waals surface area contributed by atoms with E-state index in [1.54, 1.807) is 42.5 Å². The summed E-state index contributed by atoms with van der Waals surface area (Å²) in [6, 6.07) is 20.9. The number of nitrogens with one attached hydrogen (secondary N) is 1. The van der Waals surface area contributed by atoms with Crippen LogP contribution in [-0.2, 0) is 12.3 Å². The molecule has 0 fully saturated rings. The highest BCUT2D eigenvalue weighted by atomic mass is 19.3. The van der Waals surface area contributed by atoms with Crippen LogP contribution in [0.2, 0.25) is 0 Å². The van der Waals surface area contributed by atoms with Crippen LogP contribution in [0.15, 0.2) is 83.7 Å². The van der Waals surface area contributed by atoms with Gasteiger partial charge in [0, 0.05) is 17.0 Å². The van der Waals surface area contributed by atoms with Gasteiger partial charge in [-0.15, -0.1) is 0 Å². The first kappa shape index (κ1) is 25.4. The number of aliphatic hydroxyl groups excluding tert-OH is 1. The van der Waals surface area contributed by atoms with Crippen molar-refractivity contribution in [3.05, 3.63) is 106 Å². The molecular weight excluding hydrogens is 464 g/mol. The number of aromatic nitrogens is 1. The van der Waals surface area contributed by atoms with E-state index in [-0.39, 0.29) is 22.8 Å². The summed E-state index contributed by atoms with van der Waals surface area (Å²) in [4.78, 5) is 14.2. The van der Waals surface area contributed by atoms with Crippen LogP contribution < -0.4 is 10.3 Å². The lowest BCUT2D eigenvalue weighted by Crippen LogP contribution is -2.23. The Balaban J connectivity index is 1.30. The van der Waals surface area contributed by atoms with Crippen LogP contribution in [0, 0.1) is 5.92 Å². The van der Waals surface area contributed by atoms with Gasteiger partial charge in [-0.1, -0.05) is 55.5 Å². The molecule has 0 radical (unpaired) electrons. The Morgan fingerprint density at radius 2 is 1.67 bits per heavy atom. The molecule has 1 aromatic heterocycles. The second-order valence-electron chi connectivity index (χ2n) is 9.19. The maximum atomic E-state index is 14.3. The molecule has 0 spiro atoms. The third kappa shape index (κ3) is 6.10. The fourth-order valence-electron chi connectivity index (χ4n) is 4.31. The summed E-state index contributed by atoms with van der Waals surface area (Å²) in [6.45, 7) is 1.36. The zero-order valence-corrected chi connectivity index (χ0v) is 20.0. The van der Waals surface area contributed by atoms with Gasteiger partial charge in [0.25, 0.3) is 0 Å². The summed E-state index contributed by atoms with van der Waals surface area (Å²) >= 11 is 0. The number of ether oxygens (including phenoxy) is 1. The number of alkyl halides is 2. The minimum absolute atomic E-state index is 0.0387. The molecule has 2 atom stereocenters. The van der Waals surface area contributed by atoms with Crippen LogP contribution >= 0.6 is 0 Å². The lowest BCUT2D eigenvalue weighted by atomic mass is 9.92. The number of benzene rings is 3.